The van der Waals surface area contributed by atoms with Gasteiger partial charge in [-0.05, 0) is 61.4 Å². The summed E-state index contributed by atoms with van der Waals surface area (Å²) in [4.78, 5) is 9.81. The van der Waals surface area contributed by atoms with Gasteiger partial charge in [-0.3, -0.25) is 4.40 Å². The van der Waals surface area contributed by atoms with Crippen molar-refractivity contribution in [1.82, 2.24) is 14.4 Å². The number of hydrogen-bond acceptors (Lipinski definition) is 3. The van der Waals surface area contributed by atoms with Crippen LogP contribution in [0.25, 0.3) is 39.0 Å². The Bertz CT molecular complexity index is 1290. The van der Waals surface area contributed by atoms with Crippen LogP contribution in [0.3, 0.4) is 0 Å². The molecule has 5 aromatic rings. The minimum Gasteiger partial charge on any atom is -0.507 e. The zero-order valence-electron chi connectivity index (χ0n) is 14.6. The highest BCUT2D eigenvalue weighted by Crippen LogP contribution is 2.32. The molecule has 0 amide bonds. The fraction of sp³-hybridized carbons (Fsp3) is 0.0909. The number of hydrogen-bond donors (Lipinski definition) is 1. The Morgan fingerprint density at radius 3 is 2.23 bits per heavy atom. The lowest BCUT2D eigenvalue weighted by Crippen LogP contribution is -1.99. The molecule has 1 N–H and O–H groups in total. The molecular weight excluding hydrogens is 322 g/mol. The summed E-state index contributed by atoms with van der Waals surface area (Å²) in [6, 6.07) is 20.1. The lowest BCUT2D eigenvalue weighted by Gasteiger charge is -2.11. The number of para-hydroxylation sites is 3. The number of benzene rings is 3. The van der Waals surface area contributed by atoms with Gasteiger partial charge in [-0.15, -0.1) is 0 Å². The molecule has 26 heavy (non-hydrogen) atoms. The highest BCUT2D eigenvalue weighted by atomic mass is 16.3. The van der Waals surface area contributed by atoms with Crippen LogP contribution in [0.1, 0.15) is 11.1 Å². The Hall–Kier alpha value is -3.40. The van der Waals surface area contributed by atoms with E-state index in [0.717, 1.165) is 50.1 Å². The van der Waals surface area contributed by atoms with E-state index in [9.17, 15) is 5.11 Å². The third kappa shape index (κ3) is 2.02. The monoisotopic (exact) mass is 339 g/mol. The van der Waals surface area contributed by atoms with E-state index >= 15 is 0 Å². The summed E-state index contributed by atoms with van der Waals surface area (Å²) in [6.45, 7) is 3.83. The molecule has 5 rings (SSSR count). The molecule has 126 valence electrons. The molecular formula is C22H17N3O. The summed E-state index contributed by atoms with van der Waals surface area (Å²) >= 11 is 0. The predicted octanol–water partition coefficient (Wildman–Crippen LogP) is 5.03. The molecule has 0 saturated heterocycles. The summed E-state index contributed by atoms with van der Waals surface area (Å²) in [7, 11) is 0. The van der Waals surface area contributed by atoms with E-state index in [-0.39, 0.29) is 0 Å². The van der Waals surface area contributed by atoms with Gasteiger partial charge >= 0.3 is 0 Å². The molecule has 0 fully saturated rings. The van der Waals surface area contributed by atoms with Crippen LogP contribution < -0.4 is 0 Å². The van der Waals surface area contributed by atoms with Crippen LogP contribution in [0.15, 0.2) is 60.7 Å². The maximum Gasteiger partial charge on any atom is 0.149 e. The Kier molecular flexibility index (Phi) is 3.04. The second-order valence-corrected chi connectivity index (χ2v) is 6.67. The van der Waals surface area contributed by atoms with Crippen molar-refractivity contribution in [3.8, 4) is 17.1 Å². The van der Waals surface area contributed by atoms with Gasteiger partial charge < -0.3 is 5.11 Å². The molecule has 0 bridgehead atoms. The summed E-state index contributed by atoms with van der Waals surface area (Å²) in [5.41, 5.74) is 6.43. The van der Waals surface area contributed by atoms with Crippen molar-refractivity contribution >= 4 is 27.6 Å². The van der Waals surface area contributed by atoms with Crippen LogP contribution in [-0.4, -0.2) is 19.5 Å². The van der Waals surface area contributed by atoms with E-state index in [2.05, 4.69) is 16.5 Å². The number of imidazole rings is 1. The molecule has 4 heteroatoms. The Morgan fingerprint density at radius 1 is 0.808 bits per heavy atom. The summed E-state index contributed by atoms with van der Waals surface area (Å²) in [6.07, 6.45) is 0. The molecule has 0 atom stereocenters. The van der Waals surface area contributed by atoms with Gasteiger partial charge in [0.2, 0.25) is 0 Å². The van der Waals surface area contributed by atoms with Gasteiger partial charge in [0.1, 0.15) is 17.2 Å². The normalized spacial score (nSPS) is 11.6. The van der Waals surface area contributed by atoms with Crippen LogP contribution in [0.5, 0.6) is 5.75 Å². The van der Waals surface area contributed by atoms with Crippen molar-refractivity contribution in [1.29, 1.82) is 0 Å². The average Bonchev–Trinajstić information content (AvgIpc) is 3.05. The number of nitrogens with zero attached hydrogens (tertiary/aromatic N) is 3. The smallest absolute Gasteiger partial charge is 0.149 e. The number of rotatable bonds is 1. The number of aromatic nitrogens is 3. The number of aryl methyl sites for hydroxylation is 2. The minimum absolute atomic E-state index is 0.335. The molecule has 0 saturated carbocycles. The summed E-state index contributed by atoms with van der Waals surface area (Å²) in [5.74, 6) is 1.17. The molecule has 0 aliphatic heterocycles. The SMILES string of the molecule is Cc1cc(-c2nc3ccccc3c3nc4ccccc4n23)cc(C)c1O. The first-order chi connectivity index (χ1) is 12.6. The molecule has 2 aromatic heterocycles. The fourth-order valence-corrected chi connectivity index (χ4v) is 3.62. The van der Waals surface area contributed by atoms with Crippen molar-refractivity contribution in [2.75, 3.05) is 0 Å². The van der Waals surface area contributed by atoms with Gasteiger partial charge in [0.05, 0.1) is 16.6 Å². The maximum absolute atomic E-state index is 10.2. The quantitative estimate of drug-likeness (QED) is 0.466. The summed E-state index contributed by atoms with van der Waals surface area (Å²) in [5, 5.41) is 11.2. The van der Waals surface area contributed by atoms with Crippen molar-refractivity contribution in [2.24, 2.45) is 0 Å². The zero-order chi connectivity index (χ0) is 17.8. The van der Waals surface area contributed by atoms with E-state index in [1.54, 1.807) is 0 Å². The first-order valence-electron chi connectivity index (χ1n) is 8.60. The Balaban J connectivity index is 2.01. The Labute approximate surface area is 150 Å². The molecule has 0 aliphatic rings. The van der Waals surface area contributed by atoms with E-state index in [1.165, 1.54) is 0 Å². The van der Waals surface area contributed by atoms with Crippen LogP contribution in [0, 0.1) is 13.8 Å². The molecule has 0 radical (unpaired) electrons. The Morgan fingerprint density at radius 2 is 1.46 bits per heavy atom. The van der Waals surface area contributed by atoms with E-state index in [0.29, 0.717) is 5.75 Å². The lowest BCUT2D eigenvalue weighted by atomic mass is 10.0. The molecule has 0 spiro atoms. The van der Waals surface area contributed by atoms with E-state index in [1.807, 2.05) is 62.4 Å². The number of phenolic OH excluding ortho intramolecular Hbond substituents is 1. The van der Waals surface area contributed by atoms with Gasteiger partial charge in [0.15, 0.2) is 0 Å². The van der Waals surface area contributed by atoms with Gasteiger partial charge in [-0.25, -0.2) is 9.97 Å². The molecule has 0 unspecified atom stereocenters. The summed E-state index contributed by atoms with van der Waals surface area (Å²) < 4.78 is 2.11. The van der Waals surface area contributed by atoms with Crippen molar-refractivity contribution < 1.29 is 5.11 Å². The molecule has 0 aliphatic carbocycles. The number of fused-ring (bicyclic) bond motifs is 5. The molecule has 3 aromatic carbocycles. The first kappa shape index (κ1) is 14.9. The second kappa shape index (κ2) is 5.30. The van der Waals surface area contributed by atoms with E-state index in [4.69, 9.17) is 9.97 Å². The zero-order valence-corrected chi connectivity index (χ0v) is 14.6. The van der Waals surface area contributed by atoms with Crippen molar-refractivity contribution in [2.45, 2.75) is 13.8 Å². The number of phenols is 1. The minimum atomic E-state index is 0.335. The highest BCUT2D eigenvalue weighted by Gasteiger charge is 2.16. The second-order valence-electron chi connectivity index (χ2n) is 6.67. The lowest BCUT2D eigenvalue weighted by molar-refractivity contribution is 0.467. The van der Waals surface area contributed by atoms with Gasteiger partial charge in [-0.2, -0.15) is 0 Å². The fourth-order valence-electron chi connectivity index (χ4n) is 3.62. The third-order valence-corrected chi connectivity index (χ3v) is 4.89. The van der Waals surface area contributed by atoms with Gasteiger partial charge in [0.25, 0.3) is 0 Å². The number of aromatic hydroxyl groups is 1. The maximum atomic E-state index is 10.2. The van der Waals surface area contributed by atoms with Crippen LogP contribution in [-0.2, 0) is 0 Å². The highest BCUT2D eigenvalue weighted by molar-refractivity contribution is 5.98. The largest absolute Gasteiger partial charge is 0.507 e. The molecule has 4 nitrogen and oxygen atoms in total. The first-order valence-corrected chi connectivity index (χ1v) is 8.60. The van der Waals surface area contributed by atoms with Crippen LogP contribution >= 0.6 is 0 Å². The standard InChI is InChI=1S/C22H17N3O/c1-13-11-15(12-14(2)20(13)26)21-23-17-8-4-3-7-16(17)22-24-18-9-5-6-10-19(18)25(21)22/h3-12,26H,1-2H3. The topological polar surface area (TPSA) is 50.4 Å². The average molecular weight is 339 g/mol. The molecule has 2 heterocycles. The van der Waals surface area contributed by atoms with E-state index < -0.39 is 0 Å². The van der Waals surface area contributed by atoms with Crippen LogP contribution in [0.4, 0.5) is 0 Å². The van der Waals surface area contributed by atoms with Gasteiger partial charge in [0, 0.05) is 10.9 Å². The predicted molar refractivity (Wildman–Crippen MR) is 105 cm³/mol. The third-order valence-electron chi connectivity index (χ3n) is 4.89. The van der Waals surface area contributed by atoms with Crippen LogP contribution in [0.2, 0.25) is 0 Å². The van der Waals surface area contributed by atoms with Crippen molar-refractivity contribution in [3.63, 3.8) is 0 Å². The van der Waals surface area contributed by atoms with Gasteiger partial charge in [-0.1, -0.05) is 24.3 Å². The van der Waals surface area contributed by atoms with Crippen molar-refractivity contribution in [3.05, 3.63) is 71.8 Å².